The highest BCUT2D eigenvalue weighted by Crippen LogP contribution is 2.32. The van der Waals surface area contributed by atoms with E-state index in [9.17, 15) is 4.79 Å². The van der Waals surface area contributed by atoms with Gasteiger partial charge in [-0.05, 0) is 48.1 Å². The van der Waals surface area contributed by atoms with E-state index in [1.807, 2.05) is 6.20 Å². The van der Waals surface area contributed by atoms with Crippen LogP contribution in [0.5, 0.6) is 0 Å². The Morgan fingerprint density at radius 3 is 2.61 bits per heavy atom. The molecular weight excluding hydrogens is 408 g/mol. The van der Waals surface area contributed by atoms with E-state index in [1.165, 1.54) is 27.8 Å². The van der Waals surface area contributed by atoms with Gasteiger partial charge >= 0.3 is 0 Å². The number of hydrogen-bond acceptors (Lipinski definition) is 4. The van der Waals surface area contributed by atoms with Crippen molar-refractivity contribution in [2.24, 2.45) is 5.41 Å². The SMILES string of the molecule is CC(C)(C)CC(=O)C(C1CCc2ccccc2N1)N1CCN(c2cccc3[nH]ccc23)CC1. The van der Waals surface area contributed by atoms with Crippen molar-refractivity contribution in [3.63, 3.8) is 0 Å². The monoisotopic (exact) mass is 444 g/mol. The number of ketones is 1. The van der Waals surface area contributed by atoms with E-state index >= 15 is 0 Å². The molecule has 174 valence electrons. The molecule has 1 fully saturated rings. The highest BCUT2D eigenvalue weighted by atomic mass is 16.1. The Labute approximate surface area is 197 Å². The molecule has 2 aliphatic heterocycles. The Kier molecular flexibility index (Phi) is 5.92. The molecule has 0 spiro atoms. The maximum Gasteiger partial charge on any atom is 0.152 e. The van der Waals surface area contributed by atoms with Crippen LogP contribution in [0.15, 0.2) is 54.7 Å². The van der Waals surface area contributed by atoms with Crippen LogP contribution in [0.25, 0.3) is 10.9 Å². The van der Waals surface area contributed by atoms with Crippen molar-refractivity contribution in [2.75, 3.05) is 36.4 Å². The van der Waals surface area contributed by atoms with Gasteiger partial charge in [-0.1, -0.05) is 45.0 Å². The van der Waals surface area contributed by atoms with Crippen molar-refractivity contribution in [1.82, 2.24) is 9.88 Å². The Bertz CT molecular complexity index is 1120. The molecule has 33 heavy (non-hydrogen) atoms. The second-order valence-electron chi connectivity index (χ2n) is 10.8. The normalized spacial score (nSPS) is 20.3. The van der Waals surface area contributed by atoms with Crippen molar-refractivity contribution in [3.05, 3.63) is 60.3 Å². The van der Waals surface area contributed by atoms with E-state index in [2.05, 4.69) is 89.4 Å². The van der Waals surface area contributed by atoms with Gasteiger partial charge in [-0.3, -0.25) is 9.69 Å². The fourth-order valence-corrected chi connectivity index (χ4v) is 5.59. The molecule has 0 bridgehead atoms. The number of aryl methyl sites for hydroxylation is 1. The summed E-state index contributed by atoms with van der Waals surface area (Å²) in [6, 6.07) is 17.3. The number of rotatable bonds is 5. The van der Waals surface area contributed by atoms with Gasteiger partial charge in [-0.15, -0.1) is 0 Å². The number of nitrogens with zero attached hydrogens (tertiary/aromatic N) is 2. The molecule has 5 nitrogen and oxygen atoms in total. The molecule has 5 heteroatoms. The van der Waals surface area contributed by atoms with Gasteiger partial charge in [0.2, 0.25) is 0 Å². The van der Waals surface area contributed by atoms with Crippen LogP contribution < -0.4 is 10.2 Å². The number of carbonyl (C=O) groups excluding carboxylic acids is 1. The predicted molar refractivity (Wildman–Crippen MR) is 137 cm³/mol. The molecule has 3 heterocycles. The molecule has 0 saturated carbocycles. The lowest BCUT2D eigenvalue weighted by molar-refractivity contribution is -0.126. The van der Waals surface area contributed by atoms with Crippen LogP contribution in [-0.4, -0.2) is 53.9 Å². The number of benzene rings is 2. The molecular formula is C28H36N4O. The number of aromatic nitrogens is 1. The van der Waals surface area contributed by atoms with Gasteiger partial charge in [0.15, 0.2) is 5.78 Å². The summed E-state index contributed by atoms with van der Waals surface area (Å²) in [6.45, 7) is 10.2. The number of piperazine rings is 1. The van der Waals surface area contributed by atoms with E-state index in [0.29, 0.717) is 12.2 Å². The Balaban J connectivity index is 1.35. The first kappa shape index (κ1) is 22.0. The lowest BCUT2D eigenvalue weighted by Gasteiger charge is -2.44. The summed E-state index contributed by atoms with van der Waals surface area (Å²) in [5.41, 5.74) is 5.02. The van der Waals surface area contributed by atoms with Gasteiger partial charge in [0.1, 0.15) is 0 Å². The fourth-order valence-electron chi connectivity index (χ4n) is 5.59. The van der Waals surface area contributed by atoms with Crippen LogP contribution in [0, 0.1) is 5.41 Å². The highest BCUT2D eigenvalue weighted by molar-refractivity contribution is 5.92. The van der Waals surface area contributed by atoms with Crippen molar-refractivity contribution in [3.8, 4) is 0 Å². The number of Topliss-reactive ketones (excluding diaryl/α,β-unsaturated/α-hetero) is 1. The maximum absolute atomic E-state index is 13.7. The van der Waals surface area contributed by atoms with E-state index in [1.54, 1.807) is 0 Å². The number of nitrogens with one attached hydrogen (secondary N) is 2. The smallest absolute Gasteiger partial charge is 0.152 e. The van der Waals surface area contributed by atoms with E-state index in [4.69, 9.17) is 0 Å². The summed E-state index contributed by atoms with van der Waals surface area (Å²) in [4.78, 5) is 21.9. The molecule has 3 aromatic rings. The highest BCUT2D eigenvalue weighted by Gasteiger charge is 2.38. The zero-order chi connectivity index (χ0) is 23.0. The summed E-state index contributed by atoms with van der Waals surface area (Å²) in [5.74, 6) is 0.376. The standard InChI is InChI=1S/C28H36N4O/c1-28(2,3)19-26(33)27(24-12-11-20-7-4-5-8-22(20)30-24)32-17-15-31(16-18-32)25-10-6-9-23-21(25)13-14-29-23/h4-10,13-14,24,27,29-30H,11-12,15-19H2,1-3H3. The minimum absolute atomic E-state index is 0.00629. The third kappa shape index (κ3) is 4.65. The van der Waals surface area contributed by atoms with Crippen LogP contribution in [0.1, 0.15) is 39.2 Å². The zero-order valence-corrected chi connectivity index (χ0v) is 20.1. The Morgan fingerprint density at radius 1 is 1.03 bits per heavy atom. The summed E-state index contributed by atoms with van der Waals surface area (Å²) in [6.07, 6.45) is 4.65. The third-order valence-electron chi connectivity index (χ3n) is 7.12. The van der Waals surface area contributed by atoms with Gasteiger partial charge in [0, 0.05) is 67.1 Å². The van der Waals surface area contributed by atoms with Crippen molar-refractivity contribution < 1.29 is 4.79 Å². The number of para-hydroxylation sites is 1. The van der Waals surface area contributed by atoms with Gasteiger partial charge in [0.05, 0.1) is 6.04 Å². The predicted octanol–water partition coefficient (Wildman–Crippen LogP) is 5.09. The Hall–Kier alpha value is -2.79. The van der Waals surface area contributed by atoms with Crippen molar-refractivity contribution in [1.29, 1.82) is 0 Å². The summed E-state index contributed by atoms with van der Waals surface area (Å²) in [5, 5.41) is 5.02. The van der Waals surface area contributed by atoms with E-state index in [-0.39, 0.29) is 17.5 Å². The largest absolute Gasteiger partial charge is 0.380 e. The second kappa shape index (κ2) is 8.86. The average Bonchev–Trinajstić information content (AvgIpc) is 3.28. The van der Waals surface area contributed by atoms with E-state index < -0.39 is 0 Å². The molecule has 1 saturated heterocycles. The minimum Gasteiger partial charge on any atom is -0.380 e. The van der Waals surface area contributed by atoms with Crippen LogP contribution in [0.3, 0.4) is 0 Å². The van der Waals surface area contributed by atoms with Crippen LogP contribution in [0.2, 0.25) is 0 Å². The van der Waals surface area contributed by atoms with Gasteiger partial charge in [-0.25, -0.2) is 0 Å². The quantitative estimate of drug-likeness (QED) is 0.576. The third-order valence-corrected chi connectivity index (χ3v) is 7.12. The van der Waals surface area contributed by atoms with Crippen molar-refractivity contribution in [2.45, 2.75) is 52.1 Å². The summed E-state index contributed by atoms with van der Waals surface area (Å²) < 4.78 is 0. The zero-order valence-electron chi connectivity index (χ0n) is 20.1. The van der Waals surface area contributed by atoms with Gasteiger partial charge in [0.25, 0.3) is 0 Å². The summed E-state index contributed by atoms with van der Waals surface area (Å²) >= 11 is 0. The number of carbonyl (C=O) groups is 1. The molecule has 0 aliphatic carbocycles. The second-order valence-corrected chi connectivity index (χ2v) is 10.8. The number of H-pyrrole nitrogens is 1. The van der Waals surface area contributed by atoms with Crippen LogP contribution in [0.4, 0.5) is 11.4 Å². The first-order valence-electron chi connectivity index (χ1n) is 12.3. The van der Waals surface area contributed by atoms with Gasteiger partial charge in [-0.2, -0.15) is 0 Å². The molecule has 1 aromatic heterocycles. The molecule has 2 aromatic carbocycles. The molecule has 0 amide bonds. The molecule has 2 unspecified atom stereocenters. The first-order chi connectivity index (χ1) is 15.9. The lowest BCUT2D eigenvalue weighted by atomic mass is 9.83. The Morgan fingerprint density at radius 2 is 1.82 bits per heavy atom. The molecule has 2 aliphatic rings. The fraction of sp³-hybridized carbons (Fsp3) is 0.464. The lowest BCUT2D eigenvalue weighted by Crippen LogP contribution is -2.59. The number of fused-ring (bicyclic) bond motifs is 2. The topological polar surface area (TPSA) is 51.4 Å². The summed E-state index contributed by atoms with van der Waals surface area (Å²) in [7, 11) is 0. The molecule has 5 rings (SSSR count). The number of hydrogen-bond donors (Lipinski definition) is 2. The van der Waals surface area contributed by atoms with Gasteiger partial charge < -0.3 is 15.2 Å². The number of anilines is 2. The molecule has 2 N–H and O–H groups in total. The minimum atomic E-state index is -0.0808. The van der Waals surface area contributed by atoms with Crippen LogP contribution >= 0.6 is 0 Å². The van der Waals surface area contributed by atoms with Crippen molar-refractivity contribution >= 4 is 28.1 Å². The molecule has 2 atom stereocenters. The maximum atomic E-state index is 13.7. The first-order valence-corrected chi connectivity index (χ1v) is 12.3. The van der Waals surface area contributed by atoms with Crippen LogP contribution in [-0.2, 0) is 11.2 Å². The average molecular weight is 445 g/mol. The molecule has 0 radical (unpaired) electrons. The van der Waals surface area contributed by atoms with E-state index in [0.717, 1.165) is 39.0 Å². The number of aromatic amines is 1.